The zero-order valence-corrected chi connectivity index (χ0v) is 16.4. The van der Waals surface area contributed by atoms with Crippen molar-refractivity contribution in [1.29, 1.82) is 0 Å². The Morgan fingerprint density at radius 3 is 2.61 bits per heavy atom. The standard InChI is InChI=1S/C22H26F2O4/c1-19-6-4-12(26)8-14(19)15(23)9-17-20(2)7-5-13(16(27)11-25)21(20,3)10-18(28)22(17,19)24/h4,6,8,11,13,15,17-18,28H,5,7,9-10H2,1-3H3. The molecule has 0 spiro atoms. The van der Waals surface area contributed by atoms with Crippen LogP contribution in [0.5, 0.6) is 0 Å². The van der Waals surface area contributed by atoms with Crippen molar-refractivity contribution >= 4 is 17.9 Å². The normalized spacial score (nSPS) is 52.4. The zero-order chi connectivity index (χ0) is 20.7. The Labute approximate surface area is 163 Å². The average Bonchev–Trinajstić information content (AvgIpc) is 2.90. The van der Waals surface area contributed by atoms with Crippen LogP contribution in [-0.4, -0.2) is 40.9 Å². The van der Waals surface area contributed by atoms with Crippen molar-refractivity contribution in [1.82, 2.24) is 0 Å². The molecule has 8 atom stereocenters. The summed E-state index contributed by atoms with van der Waals surface area (Å²) in [7, 11) is 0. The highest BCUT2D eigenvalue weighted by Crippen LogP contribution is 2.74. The van der Waals surface area contributed by atoms with E-state index in [-0.39, 0.29) is 24.2 Å². The number of rotatable bonds is 2. The summed E-state index contributed by atoms with van der Waals surface area (Å²) in [6, 6.07) is 0. The monoisotopic (exact) mass is 392 g/mol. The first-order valence-electron chi connectivity index (χ1n) is 9.91. The van der Waals surface area contributed by atoms with E-state index in [1.54, 1.807) is 6.92 Å². The third-order valence-electron chi connectivity index (χ3n) is 8.92. The molecule has 4 aliphatic rings. The van der Waals surface area contributed by atoms with Crippen molar-refractivity contribution in [2.24, 2.45) is 28.1 Å². The fourth-order valence-electron chi connectivity index (χ4n) is 7.11. The second-order valence-electron chi connectivity index (χ2n) is 9.73. The number of aldehydes is 1. The summed E-state index contributed by atoms with van der Waals surface area (Å²) in [5.41, 5.74) is -5.05. The van der Waals surface area contributed by atoms with Gasteiger partial charge in [0, 0.05) is 17.3 Å². The fourth-order valence-corrected chi connectivity index (χ4v) is 7.11. The zero-order valence-electron chi connectivity index (χ0n) is 16.4. The molecule has 0 aromatic carbocycles. The third-order valence-corrected chi connectivity index (χ3v) is 8.92. The molecule has 3 saturated carbocycles. The highest BCUT2D eigenvalue weighted by Gasteiger charge is 2.76. The van der Waals surface area contributed by atoms with Gasteiger partial charge in [0.1, 0.15) is 6.17 Å². The number of hydrogen-bond donors (Lipinski definition) is 1. The van der Waals surface area contributed by atoms with Gasteiger partial charge < -0.3 is 5.11 Å². The van der Waals surface area contributed by atoms with E-state index in [9.17, 15) is 19.5 Å². The molecule has 28 heavy (non-hydrogen) atoms. The van der Waals surface area contributed by atoms with E-state index in [2.05, 4.69) is 0 Å². The number of ketones is 2. The predicted octanol–water partition coefficient (Wildman–Crippen LogP) is 3.08. The van der Waals surface area contributed by atoms with Gasteiger partial charge in [-0.15, -0.1) is 0 Å². The molecule has 0 bridgehead atoms. The molecule has 1 N–H and O–H groups in total. The maximum Gasteiger partial charge on any atom is 0.198 e. The molecule has 152 valence electrons. The van der Waals surface area contributed by atoms with Gasteiger partial charge in [-0.3, -0.25) is 14.4 Å². The van der Waals surface area contributed by atoms with E-state index in [4.69, 9.17) is 0 Å². The second kappa shape index (κ2) is 5.68. The van der Waals surface area contributed by atoms with Crippen LogP contribution in [0.2, 0.25) is 0 Å². The summed E-state index contributed by atoms with van der Waals surface area (Å²) in [5, 5.41) is 11.1. The Hall–Kier alpha value is -1.69. The van der Waals surface area contributed by atoms with Gasteiger partial charge in [-0.2, -0.15) is 0 Å². The van der Waals surface area contributed by atoms with Gasteiger partial charge in [0.15, 0.2) is 23.5 Å². The topological polar surface area (TPSA) is 71.4 Å². The van der Waals surface area contributed by atoms with Gasteiger partial charge in [-0.05, 0) is 61.2 Å². The van der Waals surface area contributed by atoms with Gasteiger partial charge in [0.05, 0.1) is 6.10 Å². The van der Waals surface area contributed by atoms with E-state index in [1.165, 1.54) is 18.2 Å². The third kappa shape index (κ3) is 2.00. The molecule has 4 rings (SSSR count). The average molecular weight is 392 g/mol. The maximum atomic E-state index is 16.9. The van der Waals surface area contributed by atoms with Crippen LogP contribution < -0.4 is 0 Å². The van der Waals surface area contributed by atoms with E-state index in [1.807, 2.05) is 13.8 Å². The van der Waals surface area contributed by atoms with Gasteiger partial charge in [0.2, 0.25) is 0 Å². The van der Waals surface area contributed by atoms with Crippen molar-refractivity contribution in [2.45, 2.75) is 64.4 Å². The Kier molecular flexibility index (Phi) is 3.98. The van der Waals surface area contributed by atoms with Crippen LogP contribution in [0.4, 0.5) is 8.78 Å². The Morgan fingerprint density at radius 2 is 1.96 bits per heavy atom. The molecular formula is C22H26F2O4. The van der Waals surface area contributed by atoms with Crippen LogP contribution in [-0.2, 0) is 14.4 Å². The highest BCUT2D eigenvalue weighted by atomic mass is 19.1. The largest absolute Gasteiger partial charge is 0.390 e. The van der Waals surface area contributed by atoms with E-state index in [0.717, 1.165) is 0 Å². The number of hydrogen-bond acceptors (Lipinski definition) is 4. The molecule has 4 nitrogen and oxygen atoms in total. The molecular weight excluding hydrogens is 366 g/mol. The van der Waals surface area contributed by atoms with Crippen LogP contribution >= 0.6 is 0 Å². The first kappa shape index (κ1) is 19.6. The van der Waals surface area contributed by atoms with Crippen LogP contribution in [0, 0.1) is 28.1 Å². The second-order valence-corrected chi connectivity index (χ2v) is 9.73. The quantitative estimate of drug-likeness (QED) is 0.579. The lowest BCUT2D eigenvalue weighted by Crippen LogP contribution is -2.71. The van der Waals surface area contributed by atoms with E-state index >= 15 is 8.78 Å². The van der Waals surface area contributed by atoms with Gasteiger partial charge in [-0.25, -0.2) is 8.78 Å². The molecule has 4 aliphatic carbocycles. The Bertz CT molecular complexity index is 834. The predicted molar refractivity (Wildman–Crippen MR) is 97.8 cm³/mol. The van der Waals surface area contributed by atoms with Crippen molar-refractivity contribution in [2.75, 3.05) is 0 Å². The van der Waals surface area contributed by atoms with Gasteiger partial charge >= 0.3 is 0 Å². The Morgan fingerprint density at radius 1 is 1.29 bits per heavy atom. The lowest BCUT2D eigenvalue weighted by atomic mass is 9.40. The summed E-state index contributed by atoms with van der Waals surface area (Å²) in [6.07, 6.45) is 1.97. The Balaban J connectivity index is 1.88. The van der Waals surface area contributed by atoms with Crippen molar-refractivity contribution < 1.29 is 28.3 Å². The minimum Gasteiger partial charge on any atom is -0.390 e. The van der Waals surface area contributed by atoms with E-state index < -0.39 is 51.8 Å². The summed E-state index contributed by atoms with van der Waals surface area (Å²) in [6.45, 7) is 5.26. The molecule has 0 radical (unpaired) electrons. The number of halogens is 2. The molecule has 0 heterocycles. The first-order valence-corrected chi connectivity index (χ1v) is 9.91. The molecule has 0 aromatic rings. The van der Waals surface area contributed by atoms with Crippen LogP contribution in [0.1, 0.15) is 46.5 Å². The van der Waals surface area contributed by atoms with Gasteiger partial charge in [-0.1, -0.05) is 19.9 Å². The van der Waals surface area contributed by atoms with Gasteiger partial charge in [0.25, 0.3) is 0 Å². The number of carbonyl (C=O) groups is 3. The SMILES string of the molecule is CC12C=CC(=O)C=C1C(F)CC1C3(C)CCC(C(=O)C=O)C3(C)CC(O)C12F. The molecule has 0 amide bonds. The van der Waals surface area contributed by atoms with E-state index in [0.29, 0.717) is 19.1 Å². The molecule has 3 fully saturated rings. The summed E-state index contributed by atoms with van der Waals surface area (Å²) >= 11 is 0. The van der Waals surface area contributed by atoms with Crippen molar-refractivity contribution in [3.05, 3.63) is 23.8 Å². The summed E-state index contributed by atoms with van der Waals surface area (Å²) < 4.78 is 32.2. The summed E-state index contributed by atoms with van der Waals surface area (Å²) in [4.78, 5) is 35.3. The fraction of sp³-hybridized carbons (Fsp3) is 0.682. The van der Waals surface area contributed by atoms with Crippen molar-refractivity contribution in [3.8, 4) is 0 Å². The van der Waals surface area contributed by atoms with Crippen LogP contribution in [0.25, 0.3) is 0 Å². The lowest BCUT2D eigenvalue weighted by molar-refractivity contribution is -0.232. The number of fused-ring (bicyclic) bond motifs is 5. The smallest absolute Gasteiger partial charge is 0.198 e. The molecule has 0 saturated heterocycles. The number of carbonyl (C=O) groups excluding carboxylic acids is 3. The number of Topliss-reactive ketones (excluding diaryl/α,β-unsaturated/α-hetero) is 1. The number of aliphatic hydroxyl groups excluding tert-OH is 1. The van der Waals surface area contributed by atoms with Crippen LogP contribution in [0.3, 0.4) is 0 Å². The molecule has 8 unspecified atom stereocenters. The minimum absolute atomic E-state index is 0.0162. The minimum atomic E-state index is -2.16. The number of aliphatic hydroxyl groups is 1. The highest BCUT2D eigenvalue weighted by molar-refractivity contribution is 6.26. The van der Waals surface area contributed by atoms with Crippen LogP contribution in [0.15, 0.2) is 23.8 Å². The number of alkyl halides is 2. The molecule has 0 aliphatic heterocycles. The summed E-state index contributed by atoms with van der Waals surface area (Å²) in [5.74, 6) is -2.35. The number of allylic oxidation sites excluding steroid dienone is 4. The lowest BCUT2D eigenvalue weighted by Gasteiger charge is -2.66. The molecule has 6 heteroatoms. The first-order chi connectivity index (χ1) is 13.0. The van der Waals surface area contributed by atoms with Crippen molar-refractivity contribution in [3.63, 3.8) is 0 Å². The molecule has 0 aromatic heterocycles. The maximum absolute atomic E-state index is 16.9.